The van der Waals surface area contributed by atoms with Gasteiger partial charge in [-0.3, -0.25) is 0 Å². The maximum atomic E-state index is 6.12. The molecule has 1 aromatic rings. The van der Waals surface area contributed by atoms with E-state index in [9.17, 15) is 0 Å². The van der Waals surface area contributed by atoms with Gasteiger partial charge in [0.2, 0.25) is 0 Å². The molecule has 88 valence electrons. The molecule has 1 aliphatic carbocycles. The van der Waals surface area contributed by atoms with Gasteiger partial charge in [0.05, 0.1) is 12.0 Å². The molecular weight excluding hydrogens is 198 g/mol. The van der Waals surface area contributed by atoms with Gasteiger partial charge < -0.3 is 10.3 Å². The summed E-state index contributed by atoms with van der Waals surface area (Å²) in [6.07, 6.45) is 11.6. The molecule has 0 atom stereocenters. The van der Waals surface area contributed by atoms with E-state index in [1.165, 1.54) is 38.5 Å². The largest absolute Gasteiger partial charge is 0.384 e. The average molecular weight is 219 g/mol. The fourth-order valence-corrected chi connectivity index (χ4v) is 2.56. The molecule has 0 saturated heterocycles. The first kappa shape index (κ1) is 11.2. The van der Waals surface area contributed by atoms with Gasteiger partial charge in [-0.2, -0.15) is 0 Å². The smallest absolute Gasteiger partial charge is 0.127 e. The molecule has 0 spiro atoms. The number of rotatable bonds is 3. The van der Waals surface area contributed by atoms with Gasteiger partial charge in [-0.15, -0.1) is 6.58 Å². The number of anilines is 1. The second-order valence-electron chi connectivity index (χ2n) is 4.64. The highest BCUT2D eigenvalue weighted by Gasteiger charge is 2.19. The van der Waals surface area contributed by atoms with Crippen molar-refractivity contribution in [3.05, 3.63) is 24.7 Å². The molecule has 0 unspecified atom stereocenters. The van der Waals surface area contributed by atoms with Crippen LogP contribution in [-0.4, -0.2) is 9.55 Å². The number of nitrogens with zero attached hydrogens (tertiary/aromatic N) is 2. The fourth-order valence-electron chi connectivity index (χ4n) is 2.56. The van der Waals surface area contributed by atoms with Crippen LogP contribution in [0.15, 0.2) is 19.0 Å². The monoisotopic (exact) mass is 219 g/mol. The standard InChI is InChI=1S/C13H21N3/c1-2-9-16-10-15-12(13(16)14)11-7-5-3-4-6-8-11/h2,10-11H,1,3-9,14H2. The van der Waals surface area contributed by atoms with E-state index in [0.717, 1.165) is 18.1 Å². The van der Waals surface area contributed by atoms with Crippen molar-refractivity contribution >= 4 is 5.82 Å². The molecule has 0 radical (unpaired) electrons. The molecule has 1 aromatic heterocycles. The molecule has 1 aliphatic rings. The molecule has 2 N–H and O–H groups in total. The number of hydrogen-bond acceptors (Lipinski definition) is 2. The Morgan fingerprint density at radius 3 is 2.69 bits per heavy atom. The van der Waals surface area contributed by atoms with Crippen LogP contribution in [0.3, 0.4) is 0 Å². The third-order valence-corrected chi connectivity index (χ3v) is 3.48. The van der Waals surface area contributed by atoms with Gasteiger partial charge in [-0.25, -0.2) is 4.98 Å². The summed E-state index contributed by atoms with van der Waals surface area (Å²) in [6.45, 7) is 4.49. The van der Waals surface area contributed by atoms with Gasteiger partial charge in [0.1, 0.15) is 5.82 Å². The molecule has 1 saturated carbocycles. The predicted molar refractivity (Wildman–Crippen MR) is 67.3 cm³/mol. The molecule has 1 fully saturated rings. The van der Waals surface area contributed by atoms with Gasteiger partial charge in [-0.1, -0.05) is 31.8 Å². The Balaban J connectivity index is 2.15. The lowest BCUT2D eigenvalue weighted by Gasteiger charge is -2.12. The van der Waals surface area contributed by atoms with Crippen LogP contribution in [0.1, 0.15) is 50.1 Å². The van der Waals surface area contributed by atoms with Crippen molar-refractivity contribution in [2.45, 2.75) is 51.0 Å². The van der Waals surface area contributed by atoms with Gasteiger partial charge in [-0.05, 0) is 12.8 Å². The Morgan fingerprint density at radius 1 is 1.38 bits per heavy atom. The van der Waals surface area contributed by atoms with E-state index < -0.39 is 0 Å². The lowest BCUT2D eigenvalue weighted by molar-refractivity contribution is 0.581. The summed E-state index contributed by atoms with van der Waals surface area (Å²) < 4.78 is 1.98. The average Bonchev–Trinajstić information content (AvgIpc) is 2.55. The number of allylic oxidation sites excluding steroid dienone is 1. The molecule has 0 aromatic carbocycles. The van der Waals surface area contributed by atoms with Crippen LogP contribution >= 0.6 is 0 Å². The zero-order valence-electron chi connectivity index (χ0n) is 9.86. The van der Waals surface area contributed by atoms with E-state index >= 15 is 0 Å². The van der Waals surface area contributed by atoms with Gasteiger partial charge >= 0.3 is 0 Å². The maximum Gasteiger partial charge on any atom is 0.127 e. The number of imidazole rings is 1. The Hall–Kier alpha value is -1.25. The fraction of sp³-hybridized carbons (Fsp3) is 0.615. The summed E-state index contributed by atoms with van der Waals surface area (Å²) in [5.41, 5.74) is 7.24. The van der Waals surface area contributed by atoms with Crippen molar-refractivity contribution in [3.8, 4) is 0 Å². The minimum atomic E-state index is 0.577. The van der Waals surface area contributed by atoms with Crippen molar-refractivity contribution in [2.24, 2.45) is 0 Å². The van der Waals surface area contributed by atoms with Gasteiger partial charge in [0.15, 0.2) is 0 Å². The van der Waals surface area contributed by atoms with Crippen molar-refractivity contribution in [3.63, 3.8) is 0 Å². The third kappa shape index (κ3) is 2.29. The zero-order chi connectivity index (χ0) is 11.4. The first-order valence-electron chi connectivity index (χ1n) is 6.24. The highest BCUT2D eigenvalue weighted by molar-refractivity contribution is 5.38. The van der Waals surface area contributed by atoms with Gasteiger partial charge in [0, 0.05) is 12.5 Å². The van der Waals surface area contributed by atoms with Crippen LogP contribution in [0.25, 0.3) is 0 Å². The summed E-state index contributed by atoms with van der Waals surface area (Å²) >= 11 is 0. The molecular formula is C13H21N3. The van der Waals surface area contributed by atoms with Crippen molar-refractivity contribution in [2.75, 3.05) is 5.73 Å². The molecule has 3 nitrogen and oxygen atoms in total. The minimum absolute atomic E-state index is 0.577. The van der Waals surface area contributed by atoms with Crippen LogP contribution in [0.2, 0.25) is 0 Å². The first-order valence-corrected chi connectivity index (χ1v) is 6.24. The molecule has 2 rings (SSSR count). The maximum absolute atomic E-state index is 6.12. The number of nitrogens with two attached hydrogens (primary N) is 1. The number of nitrogen functional groups attached to an aromatic ring is 1. The molecule has 16 heavy (non-hydrogen) atoms. The predicted octanol–water partition coefficient (Wildman–Crippen LogP) is 3.09. The quantitative estimate of drug-likeness (QED) is 0.627. The summed E-state index contributed by atoms with van der Waals surface area (Å²) in [7, 11) is 0. The minimum Gasteiger partial charge on any atom is -0.384 e. The van der Waals surface area contributed by atoms with Gasteiger partial charge in [0.25, 0.3) is 0 Å². The van der Waals surface area contributed by atoms with Crippen LogP contribution in [-0.2, 0) is 6.54 Å². The van der Waals surface area contributed by atoms with Crippen LogP contribution in [0, 0.1) is 0 Å². The Kier molecular flexibility index (Phi) is 3.65. The zero-order valence-corrected chi connectivity index (χ0v) is 9.86. The Morgan fingerprint density at radius 2 is 2.06 bits per heavy atom. The van der Waals surface area contributed by atoms with Crippen molar-refractivity contribution in [1.82, 2.24) is 9.55 Å². The number of aromatic nitrogens is 2. The Bertz CT molecular complexity index is 346. The number of hydrogen-bond donors (Lipinski definition) is 1. The van der Waals surface area contributed by atoms with E-state index in [-0.39, 0.29) is 0 Å². The van der Waals surface area contributed by atoms with Crippen molar-refractivity contribution < 1.29 is 0 Å². The van der Waals surface area contributed by atoms with E-state index in [1.54, 1.807) is 0 Å². The molecule has 3 heteroatoms. The molecule has 0 amide bonds. The summed E-state index contributed by atoms with van der Waals surface area (Å²) in [6, 6.07) is 0. The second-order valence-corrected chi connectivity index (χ2v) is 4.64. The molecule has 0 aliphatic heterocycles. The Labute approximate surface area is 97.4 Å². The first-order chi connectivity index (χ1) is 7.83. The summed E-state index contributed by atoms with van der Waals surface area (Å²) in [4.78, 5) is 4.49. The topological polar surface area (TPSA) is 43.8 Å². The van der Waals surface area contributed by atoms with Crippen molar-refractivity contribution in [1.29, 1.82) is 0 Å². The second kappa shape index (κ2) is 5.19. The van der Waals surface area contributed by atoms with E-state index in [2.05, 4.69) is 11.6 Å². The SMILES string of the molecule is C=CCn1cnc(C2CCCCCC2)c1N. The summed E-state index contributed by atoms with van der Waals surface area (Å²) in [5, 5.41) is 0. The summed E-state index contributed by atoms with van der Waals surface area (Å²) in [5.74, 6) is 1.42. The van der Waals surface area contributed by atoms with Crippen LogP contribution in [0.4, 0.5) is 5.82 Å². The normalized spacial score (nSPS) is 18.2. The third-order valence-electron chi connectivity index (χ3n) is 3.48. The van der Waals surface area contributed by atoms with Crippen LogP contribution < -0.4 is 5.73 Å². The highest BCUT2D eigenvalue weighted by Crippen LogP contribution is 2.33. The van der Waals surface area contributed by atoms with E-state index in [0.29, 0.717) is 5.92 Å². The van der Waals surface area contributed by atoms with Crippen LogP contribution in [0.5, 0.6) is 0 Å². The lowest BCUT2D eigenvalue weighted by Crippen LogP contribution is -2.05. The van der Waals surface area contributed by atoms with E-state index in [4.69, 9.17) is 5.73 Å². The highest BCUT2D eigenvalue weighted by atomic mass is 15.1. The molecule has 0 bridgehead atoms. The lowest BCUT2D eigenvalue weighted by atomic mass is 9.96. The molecule has 1 heterocycles. The van der Waals surface area contributed by atoms with E-state index in [1.807, 2.05) is 17.0 Å².